The monoisotopic (exact) mass is 324 g/mol. The van der Waals surface area contributed by atoms with Crippen molar-refractivity contribution in [3.63, 3.8) is 0 Å². The van der Waals surface area contributed by atoms with Crippen molar-refractivity contribution >= 4 is 5.96 Å². The van der Waals surface area contributed by atoms with E-state index in [1.54, 1.807) is 7.11 Å². The molecule has 0 spiro atoms. The number of nitrogens with zero attached hydrogens (tertiary/aromatic N) is 2. The highest BCUT2D eigenvalue weighted by Gasteiger charge is 2.33. The third-order valence-corrected chi connectivity index (χ3v) is 5.59. The molecular weight excluding hydrogens is 288 g/mol. The van der Waals surface area contributed by atoms with Crippen molar-refractivity contribution in [1.82, 2.24) is 15.5 Å². The largest absolute Gasteiger partial charge is 0.385 e. The third-order valence-electron chi connectivity index (χ3n) is 5.59. The van der Waals surface area contributed by atoms with Crippen LogP contribution in [-0.2, 0) is 4.74 Å². The molecule has 1 aliphatic heterocycles. The fourth-order valence-corrected chi connectivity index (χ4v) is 3.97. The normalized spacial score (nSPS) is 25.0. The third kappa shape index (κ3) is 5.64. The van der Waals surface area contributed by atoms with Gasteiger partial charge in [-0.15, -0.1) is 0 Å². The van der Waals surface area contributed by atoms with Crippen LogP contribution in [0.25, 0.3) is 0 Å². The lowest BCUT2D eigenvalue weighted by Crippen LogP contribution is -2.44. The van der Waals surface area contributed by atoms with Crippen LogP contribution >= 0.6 is 0 Å². The highest BCUT2D eigenvalue weighted by Crippen LogP contribution is 2.41. The van der Waals surface area contributed by atoms with Gasteiger partial charge in [-0.25, -0.2) is 0 Å². The number of likely N-dealkylation sites (tertiary alicyclic amines) is 1. The second kappa shape index (κ2) is 9.48. The van der Waals surface area contributed by atoms with Crippen LogP contribution in [0.4, 0.5) is 0 Å². The maximum atomic E-state index is 5.32. The molecule has 0 radical (unpaired) electrons. The summed E-state index contributed by atoms with van der Waals surface area (Å²) in [6, 6.07) is 0.646. The van der Waals surface area contributed by atoms with Gasteiger partial charge in [-0.1, -0.05) is 12.8 Å². The van der Waals surface area contributed by atoms with E-state index >= 15 is 0 Å². The van der Waals surface area contributed by atoms with Crippen molar-refractivity contribution in [2.45, 2.75) is 57.9 Å². The number of likely N-dealkylation sites (N-methyl/N-ethyl adjacent to an activating group) is 1. The quantitative estimate of drug-likeness (QED) is 0.531. The van der Waals surface area contributed by atoms with E-state index in [1.807, 2.05) is 0 Å². The molecule has 5 heteroatoms. The predicted molar refractivity (Wildman–Crippen MR) is 97.0 cm³/mol. The predicted octanol–water partition coefficient (Wildman–Crippen LogP) is 2.23. The van der Waals surface area contributed by atoms with E-state index in [4.69, 9.17) is 9.73 Å². The van der Waals surface area contributed by atoms with Crippen molar-refractivity contribution in [2.24, 2.45) is 10.4 Å². The summed E-state index contributed by atoms with van der Waals surface area (Å²) < 4.78 is 5.32. The Morgan fingerprint density at radius 3 is 2.65 bits per heavy atom. The lowest BCUT2D eigenvalue weighted by Gasteiger charge is -2.27. The van der Waals surface area contributed by atoms with Gasteiger partial charge in [-0.2, -0.15) is 0 Å². The summed E-state index contributed by atoms with van der Waals surface area (Å²) in [5, 5.41) is 6.96. The Morgan fingerprint density at radius 2 is 2.04 bits per heavy atom. The summed E-state index contributed by atoms with van der Waals surface area (Å²) in [6.45, 7) is 7.04. The molecule has 2 fully saturated rings. The first-order valence-corrected chi connectivity index (χ1v) is 9.40. The van der Waals surface area contributed by atoms with E-state index in [-0.39, 0.29) is 0 Å². The van der Waals surface area contributed by atoms with E-state index in [1.165, 1.54) is 45.1 Å². The number of rotatable bonds is 8. The minimum Gasteiger partial charge on any atom is -0.385 e. The fourth-order valence-electron chi connectivity index (χ4n) is 3.97. The first-order chi connectivity index (χ1) is 11.2. The molecule has 0 amide bonds. The van der Waals surface area contributed by atoms with Crippen molar-refractivity contribution in [1.29, 1.82) is 0 Å². The van der Waals surface area contributed by atoms with Crippen LogP contribution < -0.4 is 10.6 Å². The standard InChI is InChI=1S/C18H36N4O/c1-4-19-17(20-14-16-8-7-12-22(16)2)21-15-18(11-13-23-3)9-5-6-10-18/h16H,4-15H2,1-3H3,(H2,19,20,21). The Kier molecular flexibility index (Phi) is 7.63. The van der Waals surface area contributed by atoms with E-state index in [2.05, 4.69) is 29.5 Å². The average Bonchev–Trinajstić information content (AvgIpc) is 3.18. The van der Waals surface area contributed by atoms with Gasteiger partial charge in [-0.3, -0.25) is 4.99 Å². The van der Waals surface area contributed by atoms with Gasteiger partial charge in [0.05, 0.1) is 0 Å². The topological polar surface area (TPSA) is 48.9 Å². The van der Waals surface area contributed by atoms with Crippen LogP contribution in [0.1, 0.15) is 51.9 Å². The van der Waals surface area contributed by atoms with Crippen molar-refractivity contribution in [3.05, 3.63) is 0 Å². The van der Waals surface area contributed by atoms with E-state index in [0.29, 0.717) is 11.5 Å². The van der Waals surface area contributed by atoms with Gasteiger partial charge in [0.25, 0.3) is 0 Å². The van der Waals surface area contributed by atoms with Gasteiger partial charge in [0, 0.05) is 39.4 Å². The number of hydrogen-bond donors (Lipinski definition) is 2. The summed E-state index contributed by atoms with van der Waals surface area (Å²) in [4.78, 5) is 7.38. The molecule has 5 nitrogen and oxygen atoms in total. The molecular formula is C18H36N4O. The first kappa shape index (κ1) is 18.5. The van der Waals surface area contributed by atoms with Gasteiger partial charge in [0.2, 0.25) is 0 Å². The fraction of sp³-hybridized carbons (Fsp3) is 0.944. The zero-order valence-corrected chi connectivity index (χ0v) is 15.4. The SMILES string of the molecule is CCNC(=NCC1(CCOC)CCCC1)NCC1CCCN1C. The van der Waals surface area contributed by atoms with Crippen LogP contribution in [0.5, 0.6) is 0 Å². The van der Waals surface area contributed by atoms with E-state index in [9.17, 15) is 0 Å². The van der Waals surface area contributed by atoms with Gasteiger partial charge >= 0.3 is 0 Å². The van der Waals surface area contributed by atoms with Crippen LogP contribution in [0.2, 0.25) is 0 Å². The number of nitrogens with one attached hydrogen (secondary N) is 2. The van der Waals surface area contributed by atoms with Crippen molar-refractivity contribution in [2.75, 3.05) is 46.9 Å². The Labute approximate surface area is 142 Å². The number of aliphatic imine (C=N–C) groups is 1. The summed E-state index contributed by atoms with van der Waals surface area (Å²) >= 11 is 0. The zero-order chi connectivity index (χ0) is 16.5. The van der Waals surface area contributed by atoms with E-state index in [0.717, 1.165) is 38.6 Å². The molecule has 1 saturated heterocycles. The minimum atomic E-state index is 0.364. The summed E-state index contributed by atoms with van der Waals surface area (Å²) in [6.07, 6.45) is 9.02. The minimum absolute atomic E-state index is 0.364. The number of guanidine groups is 1. The lowest BCUT2D eigenvalue weighted by molar-refractivity contribution is 0.141. The maximum absolute atomic E-state index is 5.32. The van der Waals surface area contributed by atoms with Crippen LogP contribution in [0.3, 0.4) is 0 Å². The molecule has 23 heavy (non-hydrogen) atoms. The van der Waals surface area contributed by atoms with Crippen LogP contribution in [-0.4, -0.2) is 63.8 Å². The van der Waals surface area contributed by atoms with Gasteiger partial charge < -0.3 is 20.3 Å². The zero-order valence-electron chi connectivity index (χ0n) is 15.4. The number of methoxy groups -OCH3 is 1. The van der Waals surface area contributed by atoms with Crippen LogP contribution in [0.15, 0.2) is 4.99 Å². The Hall–Kier alpha value is -0.810. The molecule has 2 rings (SSSR count). The molecule has 0 aromatic carbocycles. The first-order valence-electron chi connectivity index (χ1n) is 9.40. The lowest BCUT2D eigenvalue weighted by atomic mass is 9.83. The molecule has 1 unspecified atom stereocenters. The molecule has 0 bridgehead atoms. The summed E-state index contributed by atoms with van der Waals surface area (Å²) in [7, 11) is 4.03. The molecule has 1 heterocycles. The van der Waals surface area contributed by atoms with Gasteiger partial charge in [0.1, 0.15) is 0 Å². The second-order valence-electron chi connectivity index (χ2n) is 7.30. The molecule has 0 aromatic heterocycles. The average molecular weight is 325 g/mol. The Bertz CT molecular complexity index is 366. The van der Waals surface area contributed by atoms with Crippen LogP contribution in [0, 0.1) is 5.41 Å². The highest BCUT2D eigenvalue weighted by atomic mass is 16.5. The molecule has 1 aliphatic carbocycles. The molecule has 1 saturated carbocycles. The second-order valence-corrected chi connectivity index (χ2v) is 7.30. The van der Waals surface area contributed by atoms with E-state index < -0.39 is 0 Å². The molecule has 1 atom stereocenters. The molecule has 0 aromatic rings. The summed E-state index contributed by atoms with van der Waals surface area (Å²) in [5.41, 5.74) is 0.364. The van der Waals surface area contributed by atoms with Gasteiger partial charge in [0.15, 0.2) is 5.96 Å². The molecule has 2 N–H and O–H groups in total. The summed E-state index contributed by atoms with van der Waals surface area (Å²) in [5.74, 6) is 0.983. The highest BCUT2D eigenvalue weighted by molar-refractivity contribution is 5.79. The number of hydrogen-bond acceptors (Lipinski definition) is 3. The Balaban J connectivity index is 1.88. The smallest absolute Gasteiger partial charge is 0.191 e. The molecule has 134 valence electrons. The molecule has 2 aliphatic rings. The van der Waals surface area contributed by atoms with Crippen molar-refractivity contribution < 1.29 is 4.74 Å². The van der Waals surface area contributed by atoms with Crippen molar-refractivity contribution in [3.8, 4) is 0 Å². The van der Waals surface area contributed by atoms with Gasteiger partial charge in [-0.05, 0) is 58.0 Å². The number of ether oxygens (including phenoxy) is 1. The Morgan fingerprint density at radius 1 is 1.26 bits per heavy atom. The maximum Gasteiger partial charge on any atom is 0.191 e.